The first-order chi connectivity index (χ1) is 13.6. The lowest BCUT2D eigenvalue weighted by atomic mass is 10.1. The Labute approximate surface area is 162 Å². The van der Waals surface area contributed by atoms with Gasteiger partial charge in [0, 0.05) is 19.0 Å². The molecule has 4 aromatic rings. The number of ether oxygens (including phenoxy) is 1. The van der Waals surface area contributed by atoms with Gasteiger partial charge in [-0.15, -0.1) is 5.10 Å². The Morgan fingerprint density at radius 1 is 1.11 bits per heavy atom. The van der Waals surface area contributed by atoms with Crippen molar-refractivity contribution in [3.63, 3.8) is 0 Å². The lowest BCUT2D eigenvalue weighted by Gasteiger charge is -2.03. The fourth-order valence-corrected chi connectivity index (χ4v) is 3.10. The Balaban J connectivity index is 1.57. The monoisotopic (exact) mass is 378 g/mol. The zero-order valence-corrected chi connectivity index (χ0v) is 16.2. The maximum absolute atomic E-state index is 5.81. The quantitative estimate of drug-likeness (QED) is 0.492. The molecule has 0 unspecified atom stereocenters. The second-order valence-electron chi connectivity index (χ2n) is 6.63. The Morgan fingerprint density at radius 2 is 1.93 bits per heavy atom. The van der Waals surface area contributed by atoms with Crippen LogP contribution in [-0.4, -0.2) is 29.7 Å². The summed E-state index contributed by atoms with van der Waals surface area (Å²) in [5, 5.41) is 12.9. The summed E-state index contributed by atoms with van der Waals surface area (Å²) in [5.74, 6) is 3.11. The van der Waals surface area contributed by atoms with Gasteiger partial charge in [-0.2, -0.15) is 5.10 Å². The lowest BCUT2D eigenvalue weighted by Crippen LogP contribution is -2.05. The molecule has 0 saturated heterocycles. The third-order valence-electron chi connectivity index (χ3n) is 4.54. The van der Waals surface area contributed by atoms with Gasteiger partial charge in [0.05, 0.1) is 18.1 Å². The highest BCUT2D eigenvalue weighted by molar-refractivity contribution is 5.27. The third-order valence-corrected chi connectivity index (χ3v) is 4.54. The fraction of sp³-hybridized carbons (Fsp3) is 0.300. The van der Waals surface area contributed by atoms with Crippen LogP contribution in [0.2, 0.25) is 0 Å². The zero-order valence-electron chi connectivity index (χ0n) is 16.2. The number of aryl methyl sites for hydroxylation is 4. The summed E-state index contributed by atoms with van der Waals surface area (Å²) in [4.78, 5) is 4.71. The van der Waals surface area contributed by atoms with Crippen LogP contribution in [0, 0.1) is 13.8 Å². The fourth-order valence-electron chi connectivity index (χ4n) is 3.10. The molecule has 8 heteroatoms. The minimum Gasteiger partial charge on any atom is -0.486 e. The van der Waals surface area contributed by atoms with Gasteiger partial charge in [-0.05, 0) is 32.4 Å². The molecule has 144 valence electrons. The molecular formula is C20H22N6O2. The van der Waals surface area contributed by atoms with Crippen molar-refractivity contribution in [2.24, 2.45) is 7.05 Å². The largest absolute Gasteiger partial charge is 0.486 e. The highest BCUT2D eigenvalue weighted by atomic mass is 16.5. The second kappa shape index (κ2) is 7.67. The molecule has 0 amide bonds. The molecule has 28 heavy (non-hydrogen) atoms. The molecule has 0 aliphatic carbocycles. The SMILES string of the molecule is Cc1noc(C)c1CCc1nc(COc2ccccc2)nn1-c1cnn(C)c1. The van der Waals surface area contributed by atoms with Gasteiger partial charge in [-0.1, -0.05) is 23.4 Å². The lowest BCUT2D eigenvalue weighted by molar-refractivity contribution is 0.296. The third kappa shape index (κ3) is 3.80. The predicted molar refractivity (Wildman–Crippen MR) is 102 cm³/mol. The van der Waals surface area contributed by atoms with E-state index in [2.05, 4.69) is 15.4 Å². The number of para-hydroxylation sites is 1. The molecule has 0 aliphatic rings. The molecule has 3 heterocycles. The second-order valence-corrected chi connectivity index (χ2v) is 6.63. The van der Waals surface area contributed by atoms with Crippen molar-refractivity contribution >= 4 is 0 Å². The summed E-state index contributed by atoms with van der Waals surface area (Å²) in [5.41, 5.74) is 2.90. The molecule has 0 spiro atoms. The zero-order chi connectivity index (χ0) is 19.5. The summed E-state index contributed by atoms with van der Waals surface area (Å²) < 4.78 is 14.6. The standard InChI is InChI=1S/C20H22N6O2/c1-14-18(15(2)28-24-14)9-10-20-22-19(13-27-17-7-5-4-6-8-17)23-26(20)16-11-21-25(3)12-16/h4-8,11-12H,9-10,13H2,1-3H3. The van der Waals surface area contributed by atoms with Crippen molar-refractivity contribution in [2.45, 2.75) is 33.3 Å². The van der Waals surface area contributed by atoms with Crippen molar-refractivity contribution in [1.29, 1.82) is 0 Å². The van der Waals surface area contributed by atoms with Crippen LogP contribution in [0.15, 0.2) is 47.2 Å². The van der Waals surface area contributed by atoms with Crippen molar-refractivity contribution in [3.05, 3.63) is 71.4 Å². The van der Waals surface area contributed by atoms with Crippen LogP contribution in [0.1, 0.15) is 28.7 Å². The first kappa shape index (κ1) is 18.0. The van der Waals surface area contributed by atoms with Crippen molar-refractivity contribution in [2.75, 3.05) is 0 Å². The summed E-state index contributed by atoms with van der Waals surface area (Å²) in [6.07, 6.45) is 5.17. The van der Waals surface area contributed by atoms with E-state index in [1.54, 1.807) is 10.9 Å². The topological polar surface area (TPSA) is 83.8 Å². The Bertz CT molecular complexity index is 1040. The van der Waals surface area contributed by atoms with Gasteiger partial charge < -0.3 is 9.26 Å². The van der Waals surface area contributed by atoms with E-state index in [9.17, 15) is 0 Å². The minimum atomic E-state index is 0.301. The summed E-state index contributed by atoms with van der Waals surface area (Å²) in [6.45, 7) is 4.19. The van der Waals surface area contributed by atoms with Gasteiger partial charge in [0.15, 0.2) is 5.82 Å². The van der Waals surface area contributed by atoms with Gasteiger partial charge in [0.1, 0.15) is 29.6 Å². The normalized spacial score (nSPS) is 11.1. The van der Waals surface area contributed by atoms with E-state index in [1.165, 1.54) is 0 Å². The van der Waals surface area contributed by atoms with E-state index in [-0.39, 0.29) is 0 Å². The number of nitrogens with zero attached hydrogens (tertiary/aromatic N) is 6. The molecule has 0 aliphatic heterocycles. The number of benzene rings is 1. The number of rotatable bonds is 7. The van der Waals surface area contributed by atoms with Gasteiger partial charge >= 0.3 is 0 Å². The molecule has 1 aromatic carbocycles. The Morgan fingerprint density at radius 3 is 2.61 bits per heavy atom. The predicted octanol–water partition coefficient (Wildman–Crippen LogP) is 2.97. The van der Waals surface area contributed by atoms with Gasteiger partial charge in [-0.25, -0.2) is 9.67 Å². The summed E-state index contributed by atoms with van der Waals surface area (Å²) in [7, 11) is 1.88. The molecule has 8 nitrogen and oxygen atoms in total. The minimum absolute atomic E-state index is 0.301. The average molecular weight is 378 g/mol. The van der Waals surface area contributed by atoms with E-state index in [1.807, 2.05) is 62.1 Å². The van der Waals surface area contributed by atoms with Gasteiger partial charge in [-0.3, -0.25) is 4.68 Å². The number of aromatic nitrogens is 6. The van der Waals surface area contributed by atoms with Gasteiger partial charge in [0.2, 0.25) is 0 Å². The van der Waals surface area contributed by atoms with Crippen molar-refractivity contribution in [1.82, 2.24) is 29.7 Å². The van der Waals surface area contributed by atoms with Crippen LogP contribution in [0.5, 0.6) is 5.75 Å². The molecule has 0 fully saturated rings. The van der Waals surface area contributed by atoms with Crippen LogP contribution in [0.25, 0.3) is 5.69 Å². The van der Waals surface area contributed by atoms with E-state index in [4.69, 9.17) is 14.2 Å². The highest BCUT2D eigenvalue weighted by Gasteiger charge is 2.16. The van der Waals surface area contributed by atoms with Crippen molar-refractivity contribution in [3.8, 4) is 11.4 Å². The Hall–Kier alpha value is -3.42. The number of hydrogen-bond donors (Lipinski definition) is 0. The Kier molecular flexibility index (Phi) is 4.92. The molecule has 0 saturated carbocycles. The summed E-state index contributed by atoms with van der Waals surface area (Å²) >= 11 is 0. The molecule has 4 rings (SSSR count). The van der Waals surface area contributed by atoms with Crippen LogP contribution in [-0.2, 0) is 26.5 Å². The van der Waals surface area contributed by atoms with Gasteiger partial charge in [0.25, 0.3) is 0 Å². The van der Waals surface area contributed by atoms with Crippen LogP contribution < -0.4 is 4.74 Å². The molecule has 0 atom stereocenters. The molecule has 0 radical (unpaired) electrons. The maximum Gasteiger partial charge on any atom is 0.188 e. The average Bonchev–Trinajstić information content (AvgIpc) is 3.39. The molecular weight excluding hydrogens is 356 g/mol. The first-order valence-corrected chi connectivity index (χ1v) is 9.13. The molecule has 0 N–H and O–H groups in total. The smallest absolute Gasteiger partial charge is 0.188 e. The maximum atomic E-state index is 5.81. The van der Waals surface area contributed by atoms with Crippen molar-refractivity contribution < 1.29 is 9.26 Å². The number of hydrogen-bond acceptors (Lipinski definition) is 6. The molecule has 3 aromatic heterocycles. The molecule has 0 bridgehead atoms. The van der Waals surface area contributed by atoms with Crippen LogP contribution in [0.4, 0.5) is 0 Å². The van der Waals surface area contributed by atoms with E-state index in [0.29, 0.717) is 18.9 Å². The van der Waals surface area contributed by atoms with E-state index >= 15 is 0 Å². The van der Waals surface area contributed by atoms with Crippen LogP contribution in [0.3, 0.4) is 0 Å². The van der Waals surface area contributed by atoms with Crippen LogP contribution >= 0.6 is 0 Å². The van der Waals surface area contributed by atoms with E-state index in [0.717, 1.165) is 40.7 Å². The summed E-state index contributed by atoms with van der Waals surface area (Å²) in [6, 6.07) is 9.65. The highest BCUT2D eigenvalue weighted by Crippen LogP contribution is 2.17. The van der Waals surface area contributed by atoms with E-state index < -0.39 is 0 Å². The first-order valence-electron chi connectivity index (χ1n) is 9.13.